The van der Waals surface area contributed by atoms with Gasteiger partial charge in [0.25, 0.3) is 5.91 Å². The van der Waals surface area contributed by atoms with Crippen molar-refractivity contribution in [2.45, 2.75) is 20.4 Å². The molecule has 0 spiro atoms. The van der Waals surface area contributed by atoms with Crippen molar-refractivity contribution in [3.63, 3.8) is 0 Å². The van der Waals surface area contributed by atoms with Crippen molar-refractivity contribution in [1.82, 2.24) is 15.1 Å². The molecule has 0 bridgehead atoms. The number of hydrogen-bond donors (Lipinski definition) is 2. The first-order valence-electron chi connectivity index (χ1n) is 9.00. The smallest absolute Gasteiger partial charge is 0.269 e. The molecule has 0 aliphatic carbocycles. The monoisotopic (exact) mass is 378 g/mol. The molecule has 0 saturated heterocycles. The van der Waals surface area contributed by atoms with Gasteiger partial charge in [-0.25, -0.2) is 0 Å². The molecule has 3 aromatic rings. The number of nitrogens with one attached hydrogen (secondary N) is 2. The minimum absolute atomic E-state index is 0.130. The third kappa shape index (κ3) is 4.97. The number of nitrogens with zero attached hydrogens (tertiary/aromatic N) is 2. The molecule has 0 radical (unpaired) electrons. The van der Waals surface area contributed by atoms with Crippen LogP contribution in [0.4, 0.5) is 5.69 Å². The molecule has 0 atom stereocenters. The van der Waals surface area contributed by atoms with E-state index in [1.165, 1.54) is 0 Å². The Labute approximate surface area is 163 Å². The number of rotatable bonds is 7. The second-order valence-electron chi connectivity index (χ2n) is 6.16. The molecule has 1 heterocycles. The molecule has 2 amide bonds. The van der Waals surface area contributed by atoms with Gasteiger partial charge in [0.1, 0.15) is 17.2 Å². The number of ether oxygens (including phenoxy) is 1. The van der Waals surface area contributed by atoms with Crippen molar-refractivity contribution >= 4 is 17.5 Å². The second-order valence-corrected chi connectivity index (χ2v) is 6.16. The van der Waals surface area contributed by atoms with Gasteiger partial charge in [0.2, 0.25) is 5.91 Å². The average molecular weight is 378 g/mol. The molecule has 3 rings (SSSR count). The van der Waals surface area contributed by atoms with Crippen LogP contribution in [0.3, 0.4) is 0 Å². The third-order valence-corrected chi connectivity index (χ3v) is 3.96. The van der Waals surface area contributed by atoms with Crippen LogP contribution < -0.4 is 15.4 Å². The summed E-state index contributed by atoms with van der Waals surface area (Å²) < 4.78 is 7.32. The van der Waals surface area contributed by atoms with Crippen molar-refractivity contribution in [3.8, 4) is 11.5 Å². The van der Waals surface area contributed by atoms with E-state index in [0.29, 0.717) is 23.7 Å². The largest absolute Gasteiger partial charge is 0.457 e. The third-order valence-electron chi connectivity index (χ3n) is 3.96. The number of aryl methyl sites for hydroxylation is 2. The highest BCUT2D eigenvalue weighted by Crippen LogP contribution is 2.22. The van der Waals surface area contributed by atoms with E-state index in [-0.39, 0.29) is 18.4 Å². The van der Waals surface area contributed by atoms with Gasteiger partial charge in [0.15, 0.2) is 0 Å². The van der Waals surface area contributed by atoms with Gasteiger partial charge >= 0.3 is 0 Å². The summed E-state index contributed by atoms with van der Waals surface area (Å²) in [5.74, 6) is 0.762. The van der Waals surface area contributed by atoms with Crippen LogP contribution >= 0.6 is 0 Å². The van der Waals surface area contributed by atoms with Gasteiger partial charge in [-0.05, 0) is 56.3 Å². The molecule has 1 aromatic heterocycles. The first-order chi connectivity index (χ1) is 13.5. The van der Waals surface area contributed by atoms with Crippen LogP contribution in [0.5, 0.6) is 11.5 Å². The topological polar surface area (TPSA) is 85.2 Å². The molecule has 2 N–H and O–H groups in total. The van der Waals surface area contributed by atoms with Crippen LogP contribution in [0.2, 0.25) is 0 Å². The molecule has 28 heavy (non-hydrogen) atoms. The lowest BCUT2D eigenvalue weighted by molar-refractivity contribution is -0.115. The summed E-state index contributed by atoms with van der Waals surface area (Å²) in [5.41, 5.74) is 1.82. The van der Waals surface area contributed by atoms with E-state index in [1.807, 2.05) is 44.2 Å². The van der Waals surface area contributed by atoms with E-state index in [0.717, 1.165) is 11.4 Å². The number of benzene rings is 2. The molecular weight excluding hydrogens is 356 g/mol. The molecule has 0 aliphatic heterocycles. The van der Waals surface area contributed by atoms with Crippen LogP contribution in [-0.2, 0) is 11.3 Å². The Hall–Kier alpha value is -3.61. The number of para-hydroxylation sites is 1. The molecule has 144 valence electrons. The van der Waals surface area contributed by atoms with E-state index in [4.69, 9.17) is 4.74 Å². The number of anilines is 1. The zero-order chi connectivity index (χ0) is 19.9. The predicted octanol–water partition coefficient (Wildman–Crippen LogP) is 3.37. The molecule has 7 nitrogen and oxygen atoms in total. The molecule has 0 fully saturated rings. The maximum absolute atomic E-state index is 12.2. The van der Waals surface area contributed by atoms with Crippen LogP contribution in [0.25, 0.3) is 0 Å². The summed E-state index contributed by atoms with van der Waals surface area (Å²) in [4.78, 5) is 24.3. The minimum atomic E-state index is -0.329. The maximum atomic E-state index is 12.2. The van der Waals surface area contributed by atoms with Gasteiger partial charge in [0, 0.05) is 12.2 Å². The van der Waals surface area contributed by atoms with E-state index < -0.39 is 0 Å². The lowest BCUT2D eigenvalue weighted by atomic mass is 10.3. The standard InChI is InChI=1S/C21H22N4O3/c1-3-25-19(13-15(2)24-25)21(27)22-14-20(26)23-16-9-11-18(12-10-16)28-17-7-5-4-6-8-17/h4-13H,3,14H2,1-2H3,(H,22,27)(H,23,26). The zero-order valence-corrected chi connectivity index (χ0v) is 15.8. The van der Waals surface area contributed by atoms with E-state index in [1.54, 1.807) is 35.0 Å². The SMILES string of the molecule is CCn1nc(C)cc1C(=O)NCC(=O)Nc1ccc(Oc2ccccc2)cc1. The van der Waals surface area contributed by atoms with Gasteiger partial charge < -0.3 is 15.4 Å². The first-order valence-corrected chi connectivity index (χ1v) is 9.00. The Kier molecular flexibility index (Phi) is 6.06. The molecule has 0 saturated carbocycles. The second kappa shape index (κ2) is 8.85. The fraction of sp³-hybridized carbons (Fsp3) is 0.190. The molecule has 0 aliphatic rings. The summed E-state index contributed by atoms with van der Waals surface area (Å²) >= 11 is 0. The van der Waals surface area contributed by atoms with Gasteiger partial charge in [-0.15, -0.1) is 0 Å². The lowest BCUT2D eigenvalue weighted by Crippen LogP contribution is -2.34. The van der Waals surface area contributed by atoms with Crippen LogP contribution in [0.15, 0.2) is 60.7 Å². The van der Waals surface area contributed by atoms with E-state index in [9.17, 15) is 9.59 Å². The number of carbonyl (C=O) groups is 2. The molecular formula is C21H22N4O3. The highest BCUT2D eigenvalue weighted by molar-refractivity contribution is 5.98. The lowest BCUT2D eigenvalue weighted by Gasteiger charge is -2.09. The fourth-order valence-electron chi connectivity index (χ4n) is 2.66. The number of hydrogen-bond acceptors (Lipinski definition) is 4. The highest BCUT2D eigenvalue weighted by Gasteiger charge is 2.14. The van der Waals surface area contributed by atoms with Crippen molar-refractivity contribution in [1.29, 1.82) is 0 Å². The van der Waals surface area contributed by atoms with Crippen LogP contribution in [0, 0.1) is 6.92 Å². The number of carbonyl (C=O) groups excluding carboxylic acids is 2. The van der Waals surface area contributed by atoms with Crippen LogP contribution in [-0.4, -0.2) is 28.1 Å². The Morgan fingerprint density at radius 3 is 2.39 bits per heavy atom. The van der Waals surface area contributed by atoms with Crippen LogP contribution in [0.1, 0.15) is 23.1 Å². The van der Waals surface area contributed by atoms with Gasteiger partial charge in [0.05, 0.1) is 12.2 Å². The van der Waals surface area contributed by atoms with Gasteiger partial charge in [-0.3, -0.25) is 14.3 Å². The Balaban J connectivity index is 1.51. The summed E-state index contributed by atoms with van der Waals surface area (Å²) in [6, 6.07) is 18.2. The maximum Gasteiger partial charge on any atom is 0.269 e. The van der Waals surface area contributed by atoms with E-state index >= 15 is 0 Å². The van der Waals surface area contributed by atoms with Crippen molar-refractivity contribution < 1.29 is 14.3 Å². The van der Waals surface area contributed by atoms with Crippen molar-refractivity contribution in [2.75, 3.05) is 11.9 Å². The Morgan fingerprint density at radius 2 is 1.71 bits per heavy atom. The summed E-state index contributed by atoms with van der Waals surface area (Å²) in [6.07, 6.45) is 0. The number of aromatic nitrogens is 2. The average Bonchev–Trinajstić information content (AvgIpc) is 3.09. The summed E-state index contributed by atoms with van der Waals surface area (Å²) in [6.45, 7) is 4.18. The zero-order valence-electron chi connectivity index (χ0n) is 15.8. The highest BCUT2D eigenvalue weighted by atomic mass is 16.5. The van der Waals surface area contributed by atoms with Crippen molar-refractivity contribution in [3.05, 3.63) is 72.1 Å². The molecule has 2 aromatic carbocycles. The Bertz CT molecular complexity index is 950. The predicted molar refractivity (Wildman–Crippen MR) is 107 cm³/mol. The normalized spacial score (nSPS) is 10.4. The molecule has 7 heteroatoms. The minimum Gasteiger partial charge on any atom is -0.457 e. The van der Waals surface area contributed by atoms with Gasteiger partial charge in [-0.2, -0.15) is 5.10 Å². The fourth-order valence-corrected chi connectivity index (χ4v) is 2.66. The summed E-state index contributed by atoms with van der Waals surface area (Å²) in [5, 5.41) is 9.58. The van der Waals surface area contributed by atoms with Crippen molar-refractivity contribution in [2.24, 2.45) is 0 Å². The number of amides is 2. The Morgan fingerprint density at radius 1 is 1.04 bits per heavy atom. The first kappa shape index (κ1) is 19.2. The van der Waals surface area contributed by atoms with Gasteiger partial charge in [-0.1, -0.05) is 18.2 Å². The summed E-state index contributed by atoms with van der Waals surface area (Å²) in [7, 11) is 0. The molecule has 0 unspecified atom stereocenters. The van der Waals surface area contributed by atoms with E-state index in [2.05, 4.69) is 15.7 Å². The quantitative estimate of drug-likeness (QED) is 0.660.